The van der Waals surface area contributed by atoms with Crippen molar-refractivity contribution in [3.05, 3.63) is 83.7 Å². The normalized spacial score (nSPS) is 11.4. The minimum Gasteiger partial charge on any atom is -0.439 e. The molecule has 8 nitrogen and oxygen atoms in total. The fourth-order valence-electron chi connectivity index (χ4n) is 3.14. The van der Waals surface area contributed by atoms with Gasteiger partial charge >= 0.3 is 0 Å². The second-order valence-corrected chi connectivity index (χ2v) is 9.13. The smallest absolute Gasteiger partial charge is 0.261 e. The van der Waals surface area contributed by atoms with Crippen molar-refractivity contribution in [3.8, 4) is 17.4 Å². The first kappa shape index (κ1) is 21.5. The van der Waals surface area contributed by atoms with Gasteiger partial charge in [0.05, 0.1) is 10.6 Å². The third-order valence-corrected chi connectivity index (χ3v) is 6.31. The van der Waals surface area contributed by atoms with Crippen LogP contribution in [0.25, 0.3) is 5.82 Å². The number of hydrogen-bond donors (Lipinski definition) is 1. The molecule has 4 aromatic rings. The topological polar surface area (TPSA) is 99.0 Å². The molecule has 2 aromatic carbocycles. The Morgan fingerprint density at radius 2 is 1.69 bits per heavy atom. The Labute approximate surface area is 187 Å². The van der Waals surface area contributed by atoms with E-state index in [9.17, 15) is 8.42 Å². The summed E-state index contributed by atoms with van der Waals surface area (Å²) in [5.74, 6) is 2.12. The van der Waals surface area contributed by atoms with Gasteiger partial charge in [0.1, 0.15) is 23.7 Å². The van der Waals surface area contributed by atoms with Crippen molar-refractivity contribution in [2.45, 2.75) is 32.6 Å². The highest BCUT2D eigenvalue weighted by molar-refractivity contribution is 7.92. The minimum absolute atomic E-state index is 0.215. The molecule has 164 valence electrons. The molecule has 2 aromatic heterocycles. The molecule has 0 aliphatic carbocycles. The zero-order valence-corrected chi connectivity index (χ0v) is 19.0. The van der Waals surface area contributed by atoms with Crippen LogP contribution in [-0.2, 0) is 10.0 Å². The fourth-order valence-corrected chi connectivity index (χ4v) is 4.30. The van der Waals surface area contributed by atoms with Crippen LogP contribution in [0.15, 0.2) is 65.8 Å². The van der Waals surface area contributed by atoms with Gasteiger partial charge in [-0.1, -0.05) is 12.1 Å². The summed E-state index contributed by atoms with van der Waals surface area (Å²) in [6.07, 6.45) is 1.71. The van der Waals surface area contributed by atoms with E-state index in [2.05, 4.69) is 19.7 Å². The molecule has 0 spiro atoms. The molecule has 0 atom stereocenters. The summed E-state index contributed by atoms with van der Waals surface area (Å²) >= 11 is 0. The highest BCUT2D eigenvalue weighted by Gasteiger charge is 2.14. The number of aromatic nitrogens is 4. The van der Waals surface area contributed by atoms with Crippen LogP contribution in [0.3, 0.4) is 0 Å². The Morgan fingerprint density at radius 1 is 0.938 bits per heavy atom. The van der Waals surface area contributed by atoms with Crippen LogP contribution in [0.5, 0.6) is 11.6 Å². The highest BCUT2D eigenvalue weighted by atomic mass is 32.2. The van der Waals surface area contributed by atoms with Crippen LogP contribution in [0, 0.1) is 27.7 Å². The lowest BCUT2D eigenvalue weighted by Gasteiger charge is -2.11. The molecule has 1 N–H and O–H groups in total. The first-order valence-electron chi connectivity index (χ1n) is 9.95. The van der Waals surface area contributed by atoms with E-state index in [1.807, 2.05) is 31.4 Å². The summed E-state index contributed by atoms with van der Waals surface area (Å²) in [4.78, 5) is 13.3. The maximum absolute atomic E-state index is 12.6. The summed E-state index contributed by atoms with van der Waals surface area (Å²) in [6, 6.07) is 15.1. The molecule has 0 saturated heterocycles. The Balaban J connectivity index is 1.52. The average molecular weight is 450 g/mol. The maximum atomic E-state index is 12.6. The van der Waals surface area contributed by atoms with E-state index in [0.717, 1.165) is 17.0 Å². The van der Waals surface area contributed by atoms with Gasteiger partial charge < -0.3 is 4.74 Å². The van der Waals surface area contributed by atoms with E-state index < -0.39 is 10.0 Å². The second-order valence-electron chi connectivity index (χ2n) is 7.45. The van der Waals surface area contributed by atoms with Crippen LogP contribution in [0.1, 0.15) is 22.8 Å². The molecule has 32 heavy (non-hydrogen) atoms. The number of hydrogen-bond acceptors (Lipinski definition) is 6. The second kappa shape index (κ2) is 8.43. The summed E-state index contributed by atoms with van der Waals surface area (Å²) < 4.78 is 35.6. The van der Waals surface area contributed by atoms with E-state index >= 15 is 0 Å². The Kier molecular flexibility index (Phi) is 5.67. The number of rotatable bonds is 6. The van der Waals surface area contributed by atoms with Crippen molar-refractivity contribution in [1.82, 2.24) is 19.5 Å². The molecular formula is C23H23N5O3S. The highest BCUT2D eigenvalue weighted by Crippen LogP contribution is 2.25. The predicted octanol–water partition coefficient (Wildman–Crippen LogP) is 4.49. The van der Waals surface area contributed by atoms with Gasteiger partial charge in [0, 0.05) is 17.4 Å². The summed E-state index contributed by atoms with van der Waals surface area (Å²) in [7, 11) is -3.67. The summed E-state index contributed by atoms with van der Waals surface area (Å²) in [5, 5.41) is 0. The number of anilines is 1. The Bertz CT molecular complexity index is 1380. The van der Waals surface area contributed by atoms with Crippen molar-refractivity contribution in [2.75, 3.05) is 4.72 Å². The largest absolute Gasteiger partial charge is 0.439 e. The molecule has 0 amide bonds. The van der Waals surface area contributed by atoms with Gasteiger partial charge in [-0.25, -0.2) is 18.4 Å². The van der Waals surface area contributed by atoms with Crippen molar-refractivity contribution in [3.63, 3.8) is 0 Å². The SMILES string of the molecule is Cc1cccc(S(=O)(=O)Nc2ccc(Oc3cc(-n4cnc(C)c4C)nc(C)n3)cc2)c1. The van der Waals surface area contributed by atoms with Gasteiger partial charge in [0.15, 0.2) is 0 Å². The number of benzene rings is 2. The van der Waals surface area contributed by atoms with E-state index in [-0.39, 0.29) is 4.90 Å². The molecule has 0 unspecified atom stereocenters. The number of sulfonamides is 1. The molecule has 0 bridgehead atoms. The van der Waals surface area contributed by atoms with Crippen molar-refractivity contribution in [1.29, 1.82) is 0 Å². The molecule has 2 heterocycles. The van der Waals surface area contributed by atoms with Gasteiger partial charge in [-0.15, -0.1) is 0 Å². The number of ether oxygens (including phenoxy) is 1. The van der Waals surface area contributed by atoms with E-state index in [1.165, 1.54) is 0 Å². The van der Waals surface area contributed by atoms with Crippen molar-refractivity contribution in [2.24, 2.45) is 0 Å². The van der Waals surface area contributed by atoms with Crippen LogP contribution < -0.4 is 9.46 Å². The van der Waals surface area contributed by atoms with Gasteiger partial charge in [-0.2, -0.15) is 4.98 Å². The predicted molar refractivity (Wildman–Crippen MR) is 122 cm³/mol. The third kappa shape index (κ3) is 4.62. The standard InChI is InChI=1S/C23H23N5O3S/c1-15-6-5-7-21(12-15)32(29,30)27-19-8-10-20(11-9-19)31-23-13-22(25-18(4)26-23)28-14-24-16(2)17(28)3/h5-14,27H,1-4H3. The van der Waals surface area contributed by atoms with Gasteiger partial charge in [0.2, 0.25) is 5.88 Å². The zero-order valence-electron chi connectivity index (χ0n) is 18.2. The van der Waals surface area contributed by atoms with E-state index in [0.29, 0.717) is 29.0 Å². The third-order valence-electron chi connectivity index (χ3n) is 4.93. The molecular weight excluding hydrogens is 426 g/mol. The maximum Gasteiger partial charge on any atom is 0.261 e. The van der Waals surface area contributed by atoms with E-state index in [1.54, 1.807) is 61.8 Å². The number of nitrogens with zero attached hydrogens (tertiary/aromatic N) is 4. The molecule has 0 aliphatic heterocycles. The lowest BCUT2D eigenvalue weighted by atomic mass is 10.2. The number of nitrogens with one attached hydrogen (secondary N) is 1. The number of aryl methyl sites for hydroxylation is 3. The zero-order chi connectivity index (χ0) is 22.9. The monoisotopic (exact) mass is 449 g/mol. The van der Waals surface area contributed by atoms with Gasteiger partial charge in [-0.3, -0.25) is 9.29 Å². The van der Waals surface area contributed by atoms with Gasteiger partial charge in [-0.05, 0) is 69.7 Å². The van der Waals surface area contributed by atoms with Crippen LogP contribution in [-0.4, -0.2) is 27.9 Å². The van der Waals surface area contributed by atoms with Crippen LogP contribution in [0.2, 0.25) is 0 Å². The van der Waals surface area contributed by atoms with Crippen molar-refractivity contribution < 1.29 is 13.2 Å². The molecule has 0 fully saturated rings. The van der Waals surface area contributed by atoms with Gasteiger partial charge in [0.25, 0.3) is 10.0 Å². The quantitative estimate of drug-likeness (QED) is 0.466. The van der Waals surface area contributed by atoms with Crippen LogP contribution in [0.4, 0.5) is 5.69 Å². The fraction of sp³-hybridized carbons (Fsp3) is 0.174. The van der Waals surface area contributed by atoms with E-state index in [4.69, 9.17) is 4.74 Å². The first-order chi connectivity index (χ1) is 15.2. The molecule has 9 heteroatoms. The average Bonchev–Trinajstić information content (AvgIpc) is 3.07. The van der Waals surface area contributed by atoms with Crippen LogP contribution >= 0.6 is 0 Å². The Morgan fingerprint density at radius 3 is 2.34 bits per heavy atom. The lowest BCUT2D eigenvalue weighted by Crippen LogP contribution is -2.12. The molecule has 0 aliphatic rings. The molecule has 4 rings (SSSR count). The summed E-state index contributed by atoms with van der Waals surface area (Å²) in [6.45, 7) is 7.54. The minimum atomic E-state index is -3.67. The number of imidazole rings is 1. The lowest BCUT2D eigenvalue weighted by molar-refractivity contribution is 0.459. The summed E-state index contributed by atoms with van der Waals surface area (Å²) in [5.41, 5.74) is 3.21. The van der Waals surface area contributed by atoms with Crippen molar-refractivity contribution >= 4 is 15.7 Å². The Hall–Kier alpha value is -3.72. The molecule has 0 radical (unpaired) electrons. The molecule has 0 saturated carbocycles. The first-order valence-corrected chi connectivity index (χ1v) is 11.4.